The van der Waals surface area contributed by atoms with Crippen molar-refractivity contribution in [3.05, 3.63) is 90.3 Å². The molecular formula is C41H52IrNO2-. The molecule has 1 aromatic heterocycles. The normalized spacial score (nSPS) is 22.0. The predicted octanol–water partition coefficient (Wildman–Crippen LogP) is 11.4. The van der Waals surface area contributed by atoms with Crippen molar-refractivity contribution in [2.24, 2.45) is 23.7 Å². The summed E-state index contributed by atoms with van der Waals surface area (Å²) in [5.41, 5.74) is 3.56. The summed E-state index contributed by atoms with van der Waals surface area (Å²) >= 11 is 0. The molecule has 3 aromatic carbocycles. The number of carbonyl (C=O) groups excluding carboxylic acids is 1. The molecule has 4 aromatic rings. The Morgan fingerprint density at radius 3 is 2.09 bits per heavy atom. The Labute approximate surface area is 285 Å². The fourth-order valence-corrected chi connectivity index (χ4v) is 6.68. The smallest absolute Gasteiger partial charge is 0.162 e. The molecule has 2 aliphatic rings. The van der Waals surface area contributed by atoms with Crippen LogP contribution >= 0.6 is 0 Å². The second-order valence-electron chi connectivity index (χ2n) is 14.2. The van der Waals surface area contributed by atoms with Crippen LogP contribution in [0.15, 0.2) is 78.7 Å². The zero-order valence-electron chi connectivity index (χ0n) is 27.0. The van der Waals surface area contributed by atoms with E-state index < -0.39 is 0 Å². The summed E-state index contributed by atoms with van der Waals surface area (Å²) < 4.78 is 0. The minimum atomic E-state index is 0. The minimum absolute atomic E-state index is 0. The molecule has 0 aliphatic heterocycles. The van der Waals surface area contributed by atoms with Gasteiger partial charge in [-0.1, -0.05) is 116 Å². The summed E-state index contributed by atoms with van der Waals surface area (Å²) in [6.07, 6.45) is 12.2. The molecule has 1 heterocycles. The molecule has 1 radical (unpaired) electrons. The Hall–Kier alpha value is -2.81. The monoisotopic (exact) mass is 783 g/mol. The number of nitrogens with zero attached hydrogens (tertiary/aromatic N) is 1. The zero-order chi connectivity index (χ0) is 30.6. The van der Waals surface area contributed by atoms with Gasteiger partial charge in [-0.15, -0.1) is 29.1 Å². The summed E-state index contributed by atoms with van der Waals surface area (Å²) in [5.74, 6) is 2.48. The van der Waals surface area contributed by atoms with Crippen molar-refractivity contribution in [3.8, 4) is 11.3 Å². The Morgan fingerprint density at radius 1 is 0.822 bits per heavy atom. The van der Waals surface area contributed by atoms with Crippen LogP contribution in [0.1, 0.15) is 99.0 Å². The van der Waals surface area contributed by atoms with E-state index in [0.717, 1.165) is 61.6 Å². The van der Waals surface area contributed by atoms with E-state index in [2.05, 4.69) is 100 Å². The van der Waals surface area contributed by atoms with Crippen molar-refractivity contribution >= 4 is 27.3 Å². The maximum absolute atomic E-state index is 12.2. The number of aromatic nitrogens is 1. The molecule has 4 heteroatoms. The van der Waals surface area contributed by atoms with Gasteiger partial charge >= 0.3 is 0 Å². The third-order valence-electron chi connectivity index (χ3n) is 9.73. The minimum Gasteiger partial charge on any atom is -0.512 e. The van der Waals surface area contributed by atoms with E-state index in [1.54, 1.807) is 6.08 Å². The van der Waals surface area contributed by atoms with Crippen LogP contribution in [0.3, 0.4) is 0 Å². The van der Waals surface area contributed by atoms with Crippen LogP contribution in [0.5, 0.6) is 0 Å². The molecule has 2 aliphatic carbocycles. The van der Waals surface area contributed by atoms with Gasteiger partial charge in [0.1, 0.15) is 0 Å². The third-order valence-corrected chi connectivity index (χ3v) is 9.73. The number of benzene rings is 3. The second-order valence-corrected chi connectivity index (χ2v) is 14.2. The van der Waals surface area contributed by atoms with Gasteiger partial charge in [0.25, 0.3) is 0 Å². The van der Waals surface area contributed by atoms with Crippen LogP contribution < -0.4 is 0 Å². The van der Waals surface area contributed by atoms with E-state index in [-0.39, 0.29) is 50.6 Å². The number of ketones is 1. The van der Waals surface area contributed by atoms with Gasteiger partial charge in [-0.2, -0.15) is 0 Å². The van der Waals surface area contributed by atoms with E-state index in [1.165, 1.54) is 39.9 Å². The maximum atomic E-state index is 12.2. The van der Waals surface area contributed by atoms with E-state index >= 15 is 0 Å². The summed E-state index contributed by atoms with van der Waals surface area (Å²) in [4.78, 5) is 16.9. The molecular weight excluding hydrogens is 731 g/mol. The summed E-state index contributed by atoms with van der Waals surface area (Å²) in [6, 6.07) is 24.7. The Balaban J connectivity index is 0.000000241. The first-order chi connectivity index (χ1) is 20.6. The summed E-state index contributed by atoms with van der Waals surface area (Å²) in [5, 5.41) is 15.0. The van der Waals surface area contributed by atoms with E-state index in [0.29, 0.717) is 5.76 Å². The average Bonchev–Trinajstić information content (AvgIpc) is 3.00. The number of aliphatic hydroxyl groups excluding tert-OH is 1. The molecule has 1 N–H and O–H groups in total. The summed E-state index contributed by atoms with van der Waals surface area (Å²) in [6.45, 7) is 11.3. The third kappa shape index (κ3) is 9.14. The molecule has 2 saturated carbocycles. The molecule has 0 spiro atoms. The van der Waals surface area contributed by atoms with Crippen molar-refractivity contribution in [3.63, 3.8) is 0 Å². The topological polar surface area (TPSA) is 50.2 Å². The zero-order valence-corrected chi connectivity index (χ0v) is 29.4. The standard InChI is InChI=1S/C23H20N.C17H28O2.CH4.Ir/c1-23(2,3)18-11-12-20-17(15-18)13-14-24-22(20)21-10-6-8-16-7-4-5-9-19(16)21;1-12-3-7-14(8-4-12)16(18)11-17(19)15-9-5-13(2)6-10-15;;/h4-9,11-15H,1-3H3;11-15,18H,3-10H2,1-2H3;1H4;/q-1;;;. The molecule has 0 amide bonds. The number of aliphatic hydroxyl groups is 1. The molecule has 243 valence electrons. The second kappa shape index (κ2) is 16.1. The van der Waals surface area contributed by atoms with Crippen LogP contribution in [0, 0.1) is 29.7 Å². The predicted molar refractivity (Wildman–Crippen MR) is 187 cm³/mol. The van der Waals surface area contributed by atoms with Crippen LogP contribution in [0.25, 0.3) is 32.8 Å². The van der Waals surface area contributed by atoms with Gasteiger partial charge in [0.2, 0.25) is 0 Å². The van der Waals surface area contributed by atoms with Gasteiger partial charge in [0.05, 0.1) is 5.76 Å². The van der Waals surface area contributed by atoms with E-state index in [9.17, 15) is 9.90 Å². The molecule has 0 atom stereocenters. The SMILES string of the molecule is C.CC(C)(C)c1ccc2c(-c3[c-]ccc4ccccc34)nccc2c1.CC1CCC(C(=O)C=C(O)C2CCC(C)CC2)CC1.[Ir]. The number of pyridine rings is 1. The first-order valence-electron chi connectivity index (χ1n) is 16.3. The van der Waals surface area contributed by atoms with Crippen LogP contribution in [0.2, 0.25) is 0 Å². The Morgan fingerprint density at radius 2 is 1.44 bits per heavy atom. The first kappa shape index (κ1) is 36.7. The molecule has 45 heavy (non-hydrogen) atoms. The first-order valence-corrected chi connectivity index (χ1v) is 16.3. The number of rotatable bonds is 4. The Bertz CT molecular complexity index is 1580. The molecule has 0 saturated heterocycles. The van der Waals surface area contributed by atoms with Gasteiger partial charge < -0.3 is 10.1 Å². The van der Waals surface area contributed by atoms with Gasteiger partial charge in [0.15, 0.2) is 5.78 Å². The van der Waals surface area contributed by atoms with Crippen LogP contribution in [0.4, 0.5) is 0 Å². The quantitative estimate of drug-likeness (QED) is 0.127. The largest absolute Gasteiger partial charge is 0.512 e. The van der Waals surface area contributed by atoms with Gasteiger partial charge in [-0.05, 0) is 71.0 Å². The number of fused-ring (bicyclic) bond motifs is 2. The number of hydrogen-bond donors (Lipinski definition) is 1. The van der Waals surface area contributed by atoms with E-state index in [1.807, 2.05) is 12.3 Å². The maximum Gasteiger partial charge on any atom is 0.162 e. The molecule has 0 bridgehead atoms. The summed E-state index contributed by atoms with van der Waals surface area (Å²) in [7, 11) is 0. The van der Waals surface area contributed by atoms with Gasteiger partial charge in [-0.25, -0.2) is 0 Å². The van der Waals surface area contributed by atoms with Gasteiger partial charge in [0, 0.05) is 44.2 Å². The molecule has 0 unspecified atom stereocenters. The fraction of sp³-hybridized carbons (Fsp3) is 0.463. The van der Waals surface area contributed by atoms with Crippen molar-refractivity contribution in [1.82, 2.24) is 4.98 Å². The average molecular weight is 783 g/mol. The van der Waals surface area contributed by atoms with Crippen molar-refractivity contribution < 1.29 is 30.0 Å². The number of allylic oxidation sites excluding steroid dienone is 2. The number of carbonyl (C=O) groups is 1. The number of hydrogen-bond acceptors (Lipinski definition) is 3. The molecule has 3 nitrogen and oxygen atoms in total. The van der Waals surface area contributed by atoms with Gasteiger partial charge in [-0.3, -0.25) is 4.79 Å². The molecule has 2 fully saturated rings. The molecule has 6 rings (SSSR count). The van der Waals surface area contributed by atoms with Crippen LogP contribution in [-0.2, 0) is 30.3 Å². The Kier molecular flexibility index (Phi) is 13.2. The van der Waals surface area contributed by atoms with Crippen molar-refractivity contribution in [2.75, 3.05) is 0 Å². The van der Waals surface area contributed by atoms with E-state index in [4.69, 9.17) is 0 Å². The fourth-order valence-electron chi connectivity index (χ4n) is 6.68. The van der Waals surface area contributed by atoms with Crippen molar-refractivity contribution in [1.29, 1.82) is 0 Å². The van der Waals surface area contributed by atoms with Crippen LogP contribution in [-0.4, -0.2) is 15.9 Å². The van der Waals surface area contributed by atoms with Crippen molar-refractivity contribution in [2.45, 2.75) is 98.8 Å².